The maximum Gasteiger partial charge on any atom is 0.310 e. The Kier molecular flexibility index (Phi) is 4.36. The zero-order valence-corrected chi connectivity index (χ0v) is 13.1. The first-order valence-electron chi connectivity index (χ1n) is 6.60. The van der Waals surface area contributed by atoms with Gasteiger partial charge in [0.05, 0.1) is 30.1 Å². The number of hydrogen-bond acceptors (Lipinski definition) is 4. The van der Waals surface area contributed by atoms with E-state index in [0.717, 1.165) is 15.4 Å². The molecule has 1 fully saturated rings. The quantitative estimate of drug-likeness (QED) is 0.897. The molecule has 7 heteroatoms. The maximum absolute atomic E-state index is 12.7. The molecule has 2 atom stereocenters. The summed E-state index contributed by atoms with van der Waals surface area (Å²) in [4.78, 5) is 11.4. The normalized spacial score (nSPS) is 22.7. The van der Waals surface area contributed by atoms with Crippen molar-refractivity contribution in [2.75, 3.05) is 20.3 Å². The molecule has 0 spiro atoms. The van der Waals surface area contributed by atoms with E-state index in [1.807, 2.05) is 19.9 Å². The van der Waals surface area contributed by atoms with E-state index in [1.54, 1.807) is 12.1 Å². The monoisotopic (exact) mass is 313 g/mol. The summed E-state index contributed by atoms with van der Waals surface area (Å²) in [5.74, 6) is -1.88. The Morgan fingerprint density at radius 3 is 2.33 bits per heavy atom. The summed E-state index contributed by atoms with van der Waals surface area (Å²) >= 11 is 0. The van der Waals surface area contributed by atoms with Crippen molar-refractivity contribution < 1.29 is 23.1 Å². The van der Waals surface area contributed by atoms with Crippen LogP contribution < -0.4 is 0 Å². The van der Waals surface area contributed by atoms with Crippen LogP contribution in [0, 0.1) is 19.8 Å². The average Bonchev–Trinajstić information content (AvgIpc) is 2.85. The molecule has 1 aromatic carbocycles. The fraction of sp³-hybridized carbons (Fsp3) is 0.500. The third kappa shape index (κ3) is 3.09. The molecule has 1 aliphatic heterocycles. The van der Waals surface area contributed by atoms with E-state index in [9.17, 15) is 13.2 Å². The highest BCUT2D eigenvalue weighted by Crippen LogP contribution is 2.26. The summed E-state index contributed by atoms with van der Waals surface area (Å²) in [6.07, 6.45) is 0. The van der Waals surface area contributed by atoms with Gasteiger partial charge in [-0.2, -0.15) is 4.31 Å². The molecule has 1 aromatic rings. The van der Waals surface area contributed by atoms with E-state index in [0.29, 0.717) is 0 Å². The zero-order valence-electron chi connectivity index (χ0n) is 12.2. The Balaban J connectivity index is 2.36. The van der Waals surface area contributed by atoms with Gasteiger partial charge in [-0.3, -0.25) is 4.79 Å². The zero-order chi connectivity index (χ0) is 15.8. The third-order valence-electron chi connectivity index (χ3n) is 3.71. The summed E-state index contributed by atoms with van der Waals surface area (Å²) in [5, 5.41) is 9.16. The third-order valence-corrected chi connectivity index (χ3v) is 5.57. The molecule has 1 N–H and O–H groups in total. The molecule has 116 valence electrons. The number of aliphatic carboxylic acids is 1. The first-order valence-corrected chi connectivity index (χ1v) is 8.04. The van der Waals surface area contributed by atoms with Crippen LogP contribution in [0.4, 0.5) is 0 Å². The van der Waals surface area contributed by atoms with Gasteiger partial charge in [0.1, 0.15) is 0 Å². The molecule has 2 unspecified atom stereocenters. The standard InChI is InChI=1S/C14H19NO5S/c1-9-4-10(2)6-11(5-9)21(18,19)15(3)13-8-20-7-12(13)14(16)17/h4-6,12-13H,7-8H2,1-3H3,(H,16,17). The maximum atomic E-state index is 12.7. The van der Waals surface area contributed by atoms with E-state index in [2.05, 4.69) is 0 Å². The highest BCUT2D eigenvalue weighted by molar-refractivity contribution is 7.89. The minimum atomic E-state index is -3.74. The fourth-order valence-corrected chi connectivity index (χ4v) is 4.13. The van der Waals surface area contributed by atoms with Gasteiger partial charge < -0.3 is 9.84 Å². The summed E-state index contributed by atoms with van der Waals surface area (Å²) in [7, 11) is -2.34. The van der Waals surface area contributed by atoms with Crippen LogP contribution >= 0.6 is 0 Å². The highest BCUT2D eigenvalue weighted by Gasteiger charge is 2.41. The summed E-state index contributed by atoms with van der Waals surface area (Å²) in [6, 6.07) is 4.38. The van der Waals surface area contributed by atoms with Gasteiger partial charge in [0.25, 0.3) is 0 Å². The molecule has 6 nitrogen and oxygen atoms in total. The number of likely N-dealkylation sites (N-methyl/N-ethyl adjacent to an activating group) is 1. The van der Waals surface area contributed by atoms with Crippen LogP contribution in [0.1, 0.15) is 11.1 Å². The number of sulfonamides is 1. The lowest BCUT2D eigenvalue weighted by Gasteiger charge is -2.25. The van der Waals surface area contributed by atoms with E-state index in [-0.39, 0.29) is 18.1 Å². The molecule has 1 saturated heterocycles. The van der Waals surface area contributed by atoms with Crippen molar-refractivity contribution in [3.8, 4) is 0 Å². The lowest BCUT2D eigenvalue weighted by atomic mass is 10.1. The van der Waals surface area contributed by atoms with Crippen LogP contribution in [0.5, 0.6) is 0 Å². The molecule has 0 bridgehead atoms. The lowest BCUT2D eigenvalue weighted by molar-refractivity contribution is -0.142. The molecule has 0 saturated carbocycles. The van der Waals surface area contributed by atoms with E-state index in [1.165, 1.54) is 7.05 Å². The van der Waals surface area contributed by atoms with Crippen LogP contribution in [-0.4, -0.2) is 50.1 Å². The Morgan fingerprint density at radius 1 is 1.24 bits per heavy atom. The van der Waals surface area contributed by atoms with Gasteiger partial charge in [-0.15, -0.1) is 0 Å². The number of ether oxygens (including phenoxy) is 1. The first-order chi connectivity index (χ1) is 9.73. The molecule has 0 aromatic heterocycles. The Hall–Kier alpha value is -1.44. The lowest BCUT2D eigenvalue weighted by Crippen LogP contribution is -2.44. The predicted octanol–water partition coefficient (Wildman–Crippen LogP) is 1.02. The molecule has 1 heterocycles. The van der Waals surface area contributed by atoms with E-state index < -0.39 is 28.0 Å². The summed E-state index contributed by atoms with van der Waals surface area (Å²) in [5.41, 5.74) is 1.69. The Labute approximate surface area is 124 Å². The largest absolute Gasteiger partial charge is 0.481 e. The minimum absolute atomic E-state index is 0.0344. The van der Waals surface area contributed by atoms with Gasteiger partial charge in [0.15, 0.2) is 0 Å². The van der Waals surface area contributed by atoms with Gasteiger partial charge in [-0.05, 0) is 37.1 Å². The van der Waals surface area contributed by atoms with Gasteiger partial charge in [-0.1, -0.05) is 6.07 Å². The van der Waals surface area contributed by atoms with Crippen molar-refractivity contribution in [1.29, 1.82) is 0 Å². The van der Waals surface area contributed by atoms with Crippen LogP contribution in [-0.2, 0) is 19.6 Å². The van der Waals surface area contributed by atoms with Crippen molar-refractivity contribution in [2.24, 2.45) is 5.92 Å². The van der Waals surface area contributed by atoms with Crippen LogP contribution in [0.2, 0.25) is 0 Å². The highest BCUT2D eigenvalue weighted by atomic mass is 32.2. The molecule has 1 aliphatic rings. The smallest absolute Gasteiger partial charge is 0.310 e. The van der Waals surface area contributed by atoms with Crippen molar-refractivity contribution in [3.05, 3.63) is 29.3 Å². The first kappa shape index (κ1) is 15.9. The number of aryl methyl sites for hydroxylation is 2. The predicted molar refractivity (Wildman–Crippen MR) is 76.6 cm³/mol. The molecule has 0 amide bonds. The van der Waals surface area contributed by atoms with Crippen molar-refractivity contribution in [3.63, 3.8) is 0 Å². The molecule has 2 rings (SSSR count). The van der Waals surface area contributed by atoms with E-state index in [4.69, 9.17) is 9.84 Å². The topological polar surface area (TPSA) is 83.9 Å². The van der Waals surface area contributed by atoms with Crippen molar-refractivity contribution >= 4 is 16.0 Å². The second kappa shape index (κ2) is 5.75. The second-order valence-corrected chi connectivity index (χ2v) is 7.39. The summed E-state index contributed by atoms with van der Waals surface area (Å²) in [6.45, 7) is 3.78. The number of carbonyl (C=O) groups is 1. The van der Waals surface area contributed by atoms with Gasteiger partial charge in [0.2, 0.25) is 10.0 Å². The number of carboxylic acid groups (broad SMARTS) is 1. The number of benzene rings is 1. The molecule has 21 heavy (non-hydrogen) atoms. The Morgan fingerprint density at radius 2 is 1.81 bits per heavy atom. The molecule has 0 radical (unpaired) electrons. The number of hydrogen-bond donors (Lipinski definition) is 1. The summed E-state index contributed by atoms with van der Waals surface area (Å²) < 4.78 is 31.6. The van der Waals surface area contributed by atoms with Crippen LogP contribution in [0.3, 0.4) is 0 Å². The van der Waals surface area contributed by atoms with Crippen molar-refractivity contribution in [2.45, 2.75) is 24.8 Å². The van der Waals surface area contributed by atoms with Crippen LogP contribution in [0.25, 0.3) is 0 Å². The minimum Gasteiger partial charge on any atom is -0.481 e. The van der Waals surface area contributed by atoms with Gasteiger partial charge >= 0.3 is 5.97 Å². The second-order valence-electron chi connectivity index (χ2n) is 5.39. The SMILES string of the molecule is Cc1cc(C)cc(S(=O)(=O)N(C)C2COCC2C(=O)O)c1. The average molecular weight is 313 g/mol. The number of rotatable bonds is 4. The van der Waals surface area contributed by atoms with Gasteiger partial charge in [-0.25, -0.2) is 8.42 Å². The molecule has 0 aliphatic carbocycles. The molecular formula is C14H19NO5S. The van der Waals surface area contributed by atoms with Crippen LogP contribution in [0.15, 0.2) is 23.1 Å². The van der Waals surface area contributed by atoms with Crippen molar-refractivity contribution in [1.82, 2.24) is 4.31 Å². The van der Waals surface area contributed by atoms with Gasteiger partial charge in [0, 0.05) is 7.05 Å². The number of nitrogens with zero attached hydrogens (tertiary/aromatic N) is 1. The number of carboxylic acids is 1. The molecular weight excluding hydrogens is 294 g/mol. The van der Waals surface area contributed by atoms with E-state index >= 15 is 0 Å². The fourth-order valence-electron chi connectivity index (χ4n) is 2.56. The Bertz CT molecular complexity index is 635.